The van der Waals surface area contributed by atoms with E-state index in [0.29, 0.717) is 12.8 Å². The van der Waals surface area contributed by atoms with Crippen molar-refractivity contribution in [3.8, 4) is 0 Å². The molecule has 1 rings (SSSR count). The number of halogens is 4. The van der Waals surface area contributed by atoms with E-state index >= 15 is 0 Å². The molecule has 6 heteroatoms. The Kier molecular flexibility index (Phi) is 4.23. The van der Waals surface area contributed by atoms with Gasteiger partial charge in [-0.05, 0) is 30.1 Å². The predicted octanol–water partition coefficient (Wildman–Crippen LogP) is 3.61. The van der Waals surface area contributed by atoms with Crippen molar-refractivity contribution in [2.45, 2.75) is 65.3 Å². The van der Waals surface area contributed by atoms with Crippen molar-refractivity contribution >= 4 is 5.91 Å². The van der Waals surface area contributed by atoms with E-state index in [4.69, 9.17) is 0 Å². The summed E-state index contributed by atoms with van der Waals surface area (Å²) in [6.45, 7) is 7.94. The first-order valence-corrected chi connectivity index (χ1v) is 6.33. The van der Waals surface area contributed by atoms with Crippen molar-refractivity contribution in [1.82, 2.24) is 5.32 Å². The molecule has 0 radical (unpaired) electrons. The average molecular weight is 283 g/mol. The molecule has 1 N–H and O–H groups in total. The van der Waals surface area contributed by atoms with Crippen LogP contribution in [0.1, 0.15) is 47.0 Å². The number of hydrogen-bond donors (Lipinski definition) is 1. The van der Waals surface area contributed by atoms with E-state index in [-0.39, 0.29) is 10.8 Å². The predicted molar refractivity (Wildman–Crippen MR) is 64.3 cm³/mol. The molecule has 0 aromatic heterocycles. The quantitative estimate of drug-likeness (QED) is 0.788. The van der Waals surface area contributed by atoms with Gasteiger partial charge in [-0.1, -0.05) is 27.7 Å². The molecule has 19 heavy (non-hydrogen) atoms. The van der Waals surface area contributed by atoms with Crippen molar-refractivity contribution in [3.63, 3.8) is 0 Å². The van der Waals surface area contributed by atoms with Gasteiger partial charge in [0, 0.05) is 6.04 Å². The molecule has 0 heterocycles. The van der Waals surface area contributed by atoms with Crippen LogP contribution in [0.25, 0.3) is 0 Å². The standard InChI is InChI=1S/C13H21F4NO/c1-11(2)5-8(6-12(3,4)7-11)18-10(19)13(16,17)9(14)15/h8-9H,5-7H2,1-4H3,(H,18,19). The summed E-state index contributed by atoms with van der Waals surface area (Å²) in [5, 5.41) is 2.08. The molecule has 1 aliphatic carbocycles. The Labute approximate surface area is 110 Å². The molecular formula is C13H21F4NO. The number of carbonyl (C=O) groups excluding carboxylic acids is 1. The molecule has 0 atom stereocenters. The normalized spacial score (nSPS) is 23.4. The van der Waals surface area contributed by atoms with Crippen LogP contribution in [-0.2, 0) is 4.79 Å². The third-order valence-corrected chi connectivity index (χ3v) is 3.47. The minimum atomic E-state index is -4.62. The summed E-state index contributed by atoms with van der Waals surface area (Å²) < 4.78 is 50.1. The van der Waals surface area contributed by atoms with Gasteiger partial charge in [0.05, 0.1) is 0 Å². The number of hydrogen-bond acceptors (Lipinski definition) is 1. The summed E-state index contributed by atoms with van der Waals surface area (Å²) in [6.07, 6.45) is -2.04. The first kappa shape index (κ1) is 16.2. The van der Waals surface area contributed by atoms with Gasteiger partial charge in [-0.3, -0.25) is 4.79 Å². The van der Waals surface area contributed by atoms with Crippen LogP contribution < -0.4 is 5.32 Å². The summed E-state index contributed by atoms with van der Waals surface area (Å²) in [5.74, 6) is -6.49. The molecule has 0 spiro atoms. The van der Waals surface area contributed by atoms with Crippen LogP contribution >= 0.6 is 0 Å². The Morgan fingerprint density at radius 1 is 1.16 bits per heavy atom. The third-order valence-electron chi connectivity index (χ3n) is 3.47. The van der Waals surface area contributed by atoms with E-state index in [9.17, 15) is 22.4 Å². The lowest BCUT2D eigenvalue weighted by atomic mass is 9.63. The first-order valence-electron chi connectivity index (χ1n) is 6.33. The van der Waals surface area contributed by atoms with Gasteiger partial charge in [-0.25, -0.2) is 8.78 Å². The molecule has 0 aliphatic heterocycles. The highest BCUT2D eigenvalue weighted by molar-refractivity contribution is 5.84. The zero-order valence-electron chi connectivity index (χ0n) is 11.7. The summed E-state index contributed by atoms with van der Waals surface area (Å²) >= 11 is 0. The van der Waals surface area contributed by atoms with Crippen LogP contribution in [-0.4, -0.2) is 24.3 Å². The van der Waals surface area contributed by atoms with Crippen LogP contribution in [0.3, 0.4) is 0 Å². The highest BCUT2D eigenvalue weighted by atomic mass is 19.3. The molecule has 0 aromatic rings. The fourth-order valence-electron chi connectivity index (χ4n) is 3.33. The molecule has 1 saturated carbocycles. The van der Waals surface area contributed by atoms with Crippen molar-refractivity contribution in [2.24, 2.45) is 10.8 Å². The number of carbonyl (C=O) groups is 1. The van der Waals surface area contributed by atoms with Crippen molar-refractivity contribution in [3.05, 3.63) is 0 Å². The Bertz CT molecular complexity index is 337. The maximum Gasteiger partial charge on any atom is 0.383 e. The van der Waals surface area contributed by atoms with Gasteiger partial charge in [-0.2, -0.15) is 8.78 Å². The molecule has 112 valence electrons. The largest absolute Gasteiger partial charge is 0.383 e. The van der Waals surface area contributed by atoms with Crippen LogP contribution in [0.2, 0.25) is 0 Å². The molecule has 0 aromatic carbocycles. The van der Waals surface area contributed by atoms with Crippen LogP contribution in [0.5, 0.6) is 0 Å². The van der Waals surface area contributed by atoms with Gasteiger partial charge in [0.1, 0.15) is 0 Å². The lowest BCUT2D eigenvalue weighted by Crippen LogP contribution is -2.52. The minimum absolute atomic E-state index is 0.111. The number of amides is 1. The Morgan fingerprint density at radius 2 is 1.58 bits per heavy atom. The van der Waals surface area contributed by atoms with Gasteiger partial charge in [0.25, 0.3) is 5.91 Å². The zero-order valence-corrected chi connectivity index (χ0v) is 11.7. The average Bonchev–Trinajstić information content (AvgIpc) is 2.11. The fourth-order valence-corrected chi connectivity index (χ4v) is 3.33. The summed E-state index contributed by atoms with van der Waals surface area (Å²) in [7, 11) is 0. The Hall–Kier alpha value is -0.810. The first-order chi connectivity index (χ1) is 8.36. The van der Waals surface area contributed by atoms with Gasteiger partial charge >= 0.3 is 12.3 Å². The van der Waals surface area contributed by atoms with Crippen LogP contribution in [0.15, 0.2) is 0 Å². The van der Waals surface area contributed by atoms with Gasteiger partial charge in [0.15, 0.2) is 0 Å². The van der Waals surface area contributed by atoms with Gasteiger partial charge in [0.2, 0.25) is 0 Å². The molecular weight excluding hydrogens is 262 g/mol. The highest BCUT2D eigenvalue weighted by Gasteiger charge is 2.50. The van der Waals surface area contributed by atoms with Gasteiger partial charge < -0.3 is 5.32 Å². The maximum absolute atomic E-state index is 12.9. The lowest BCUT2D eigenvalue weighted by Gasteiger charge is -2.45. The molecule has 0 bridgehead atoms. The molecule has 2 nitrogen and oxygen atoms in total. The van der Waals surface area contributed by atoms with E-state index in [1.165, 1.54) is 0 Å². The fraction of sp³-hybridized carbons (Fsp3) is 0.923. The highest BCUT2D eigenvalue weighted by Crippen LogP contribution is 2.45. The van der Waals surface area contributed by atoms with Crippen molar-refractivity contribution in [2.75, 3.05) is 0 Å². The smallest absolute Gasteiger partial charge is 0.348 e. The van der Waals surface area contributed by atoms with E-state index in [1.807, 2.05) is 27.7 Å². The topological polar surface area (TPSA) is 29.1 Å². The Morgan fingerprint density at radius 3 is 1.95 bits per heavy atom. The molecule has 1 fully saturated rings. The third kappa shape index (κ3) is 4.08. The van der Waals surface area contributed by atoms with Crippen molar-refractivity contribution in [1.29, 1.82) is 0 Å². The monoisotopic (exact) mass is 283 g/mol. The maximum atomic E-state index is 12.9. The lowest BCUT2D eigenvalue weighted by molar-refractivity contribution is -0.170. The van der Waals surface area contributed by atoms with Crippen LogP contribution in [0.4, 0.5) is 17.6 Å². The molecule has 1 amide bonds. The van der Waals surface area contributed by atoms with Crippen LogP contribution in [0, 0.1) is 10.8 Å². The summed E-state index contributed by atoms with van der Waals surface area (Å²) in [4.78, 5) is 11.3. The number of rotatable bonds is 3. The van der Waals surface area contributed by atoms with E-state index in [0.717, 1.165) is 6.42 Å². The second-order valence-corrected chi connectivity index (χ2v) is 7.01. The second kappa shape index (κ2) is 4.94. The number of nitrogens with one attached hydrogen (secondary N) is 1. The minimum Gasteiger partial charge on any atom is -0.348 e. The molecule has 0 unspecified atom stereocenters. The summed E-state index contributed by atoms with van der Waals surface area (Å²) in [5.41, 5.74) is -0.223. The van der Waals surface area contributed by atoms with E-state index in [1.54, 1.807) is 0 Å². The van der Waals surface area contributed by atoms with Crippen molar-refractivity contribution < 1.29 is 22.4 Å². The van der Waals surface area contributed by atoms with E-state index in [2.05, 4.69) is 5.32 Å². The zero-order chi connectivity index (χ0) is 15.1. The summed E-state index contributed by atoms with van der Waals surface area (Å²) in [6, 6.07) is -0.490. The van der Waals surface area contributed by atoms with E-state index < -0.39 is 24.3 Å². The molecule has 0 saturated heterocycles. The molecule has 1 aliphatic rings. The number of alkyl halides is 4. The Balaban J connectivity index is 2.75. The van der Waals surface area contributed by atoms with Gasteiger partial charge in [-0.15, -0.1) is 0 Å². The second-order valence-electron chi connectivity index (χ2n) is 7.01. The SMILES string of the molecule is CC1(C)CC(NC(=O)C(F)(F)C(F)F)CC(C)(C)C1.